The van der Waals surface area contributed by atoms with Crippen LogP contribution in [0.15, 0.2) is 35.4 Å². The van der Waals surface area contributed by atoms with Gasteiger partial charge in [0.1, 0.15) is 5.75 Å². The van der Waals surface area contributed by atoms with E-state index in [0.717, 1.165) is 7.11 Å². The highest BCUT2D eigenvalue weighted by molar-refractivity contribution is 7.92. The molecule has 0 aliphatic heterocycles. The van der Waals surface area contributed by atoms with Crippen LogP contribution in [0.3, 0.4) is 0 Å². The number of benzene rings is 1. The van der Waals surface area contributed by atoms with Gasteiger partial charge in [-0.3, -0.25) is 4.79 Å². The molecule has 0 atom stereocenters. The quantitative estimate of drug-likeness (QED) is 0.421. The Morgan fingerprint density at radius 2 is 1.86 bits per heavy atom. The number of methoxy groups -OCH3 is 1. The summed E-state index contributed by atoms with van der Waals surface area (Å²) in [6.45, 7) is 0. The third-order valence-corrected chi connectivity index (χ3v) is 3.72. The van der Waals surface area contributed by atoms with Crippen LogP contribution >= 0.6 is 0 Å². The van der Waals surface area contributed by atoms with Crippen LogP contribution in [-0.2, 0) is 19.4 Å². The molecule has 0 heterocycles. The molecule has 114 valence electrons. The van der Waals surface area contributed by atoms with Gasteiger partial charge in [0.05, 0.1) is 18.6 Å². The van der Waals surface area contributed by atoms with Crippen LogP contribution in [0.5, 0.6) is 0 Å². The summed E-state index contributed by atoms with van der Waals surface area (Å²) >= 11 is 0. The minimum atomic E-state index is -3.79. The lowest BCUT2D eigenvalue weighted by atomic mass is 10.1. The molecule has 0 saturated heterocycles. The molecule has 0 unspecified atom stereocenters. The van der Waals surface area contributed by atoms with Gasteiger partial charge in [0.2, 0.25) is 0 Å². The van der Waals surface area contributed by atoms with Gasteiger partial charge in [0.25, 0.3) is 0 Å². The Hall–Kier alpha value is -2.42. The number of nitrogens with zero attached hydrogens (tertiary/aromatic N) is 1. The molecule has 2 amide bonds. The van der Waals surface area contributed by atoms with E-state index in [2.05, 4.69) is 9.84 Å². The number of nitrogens with one attached hydrogen (secondary N) is 1. The molecule has 8 nitrogen and oxygen atoms in total. The molecule has 0 bridgehead atoms. The predicted octanol–water partition coefficient (Wildman–Crippen LogP) is -0.353. The van der Waals surface area contributed by atoms with Gasteiger partial charge in [-0.15, -0.1) is 0 Å². The number of carbonyl (C=O) groups excluding carboxylic acids is 2. The van der Waals surface area contributed by atoms with Crippen molar-refractivity contribution in [2.45, 2.75) is 0 Å². The Morgan fingerprint density at radius 3 is 2.38 bits per heavy atom. The number of primary amides is 1. The van der Waals surface area contributed by atoms with E-state index in [9.17, 15) is 18.0 Å². The van der Waals surface area contributed by atoms with E-state index in [4.69, 9.17) is 5.73 Å². The van der Waals surface area contributed by atoms with Crippen molar-refractivity contribution in [3.05, 3.63) is 35.9 Å². The normalized spacial score (nSPS) is 11.8. The van der Waals surface area contributed by atoms with Crippen LogP contribution < -0.4 is 11.2 Å². The molecule has 0 saturated carbocycles. The SMILES string of the molecule is COC(=O)CS(=O)(=O)C/C(=N/NC(N)=O)c1ccccc1. The summed E-state index contributed by atoms with van der Waals surface area (Å²) in [6.07, 6.45) is 0. The summed E-state index contributed by atoms with van der Waals surface area (Å²) in [5, 5.41) is 3.67. The second-order valence-electron chi connectivity index (χ2n) is 4.01. The highest BCUT2D eigenvalue weighted by Gasteiger charge is 2.21. The largest absolute Gasteiger partial charge is 0.468 e. The second-order valence-corrected chi connectivity index (χ2v) is 6.07. The Bertz CT molecular complexity index is 640. The molecule has 9 heteroatoms. The number of carbonyl (C=O) groups is 2. The molecule has 1 aromatic rings. The summed E-state index contributed by atoms with van der Waals surface area (Å²) in [5.41, 5.74) is 7.44. The highest BCUT2D eigenvalue weighted by Crippen LogP contribution is 2.05. The van der Waals surface area contributed by atoms with Crippen LogP contribution in [0, 0.1) is 0 Å². The number of sulfone groups is 1. The van der Waals surface area contributed by atoms with E-state index in [1.54, 1.807) is 30.3 Å². The molecule has 0 aliphatic rings. The zero-order chi connectivity index (χ0) is 15.9. The standard InChI is InChI=1S/C12H15N3O5S/c1-20-11(16)8-21(18,19)7-10(14-15-12(13)17)9-5-3-2-4-6-9/h2-6H,7-8H2,1H3,(H3,13,15,17)/b14-10-. The van der Waals surface area contributed by atoms with E-state index < -0.39 is 33.3 Å². The summed E-state index contributed by atoms with van der Waals surface area (Å²) < 4.78 is 28.1. The molecule has 0 fully saturated rings. The van der Waals surface area contributed by atoms with Crippen molar-refractivity contribution >= 4 is 27.5 Å². The van der Waals surface area contributed by atoms with Crippen LogP contribution in [0.2, 0.25) is 0 Å². The van der Waals surface area contributed by atoms with Gasteiger partial charge in [-0.05, 0) is 5.56 Å². The fraction of sp³-hybridized carbons (Fsp3) is 0.250. The Kier molecular flexibility index (Phi) is 5.85. The van der Waals surface area contributed by atoms with E-state index in [-0.39, 0.29) is 5.71 Å². The van der Waals surface area contributed by atoms with E-state index >= 15 is 0 Å². The van der Waals surface area contributed by atoms with Gasteiger partial charge in [0.15, 0.2) is 9.84 Å². The number of hydrogen-bond acceptors (Lipinski definition) is 6. The maximum absolute atomic E-state index is 11.9. The first-order chi connectivity index (χ1) is 9.84. The maximum atomic E-state index is 11.9. The predicted molar refractivity (Wildman–Crippen MR) is 76.4 cm³/mol. The zero-order valence-electron chi connectivity index (χ0n) is 11.3. The average molecular weight is 313 g/mol. The van der Waals surface area contributed by atoms with Crippen molar-refractivity contribution in [3.63, 3.8) is 0 Å². The number of urea groups is 1. The summed E-state index contributed by atoms with van der Waals surface area (Å²) in [5.74, 6) is -2.18. The molecular formula is C12H15N3O5S. The van der Waals surface area contributed by atoms with Crippen molar-refractivity contribution < 1.29 is 22.7 Å². The topological polar surface area (TPSA) is 128 Å². The first kappa shape index (κ1) is 16.6. The van der Waals surface area contributed by atoms with Gasteiger partial charge in [-0.25, -0.2) is 18.6 Å². The monoisotopic (exact) mass is 313 g/mol. The van der Waals surface area contributed by atoms with Crippen LogP contribution in [0.4, 0.5) is 4.79 Å². The van der Waals surface area contributed by atoms with Crippen molar-refractivity contribution in [2.75, 3.05) is 18.6 Å². The van der Waals surface area contributed by atoms with E-state index in [0.29, 0.717) is 5.56 Å². The third kappa shape index (κ3) is 6.04. The molecule has 21 heavy (non-hydrogen) atoms. The maximum Gasteiger partial charge on any atom is 0.332 e. The molecule has 0 aliphatic carbocycles. The number of hydrogen-bond donors (Lipinski definition) is 2. The lowest BCUT2D eigenvalue weighted by Gasteiger charge is -2.07. The molecular weight excluding hydrogens is 298 g/mol. The van der Waals surface area contributed by atoms with Crippen LogP contribution in [-0.4, -0.2) is 44.7 Å². The molecule has 1 aromatic carbocycles. The molecule has 3 N–H and O–H groups in total. The van der Waals surface area contributed by atoms with Gasteiger partial charge in [-0.1, -0.05) is 30.3 Å². The molecule has 1 rings (SSSR count). The third-order valence-electron chi connectivity index (χ3n) is 2.33. The Balaban J connectivity index is 3.01. The fourth-order valence-electron chi connectivity index (χ4n) is 1.43. The Labute approximate surface area is 121 Å². The van der Waals surface area contributed by atoms with Gasteiger partial charge in [0, 0.05) is 0 Å². The van der Waals surface area contributed by atoms with E-state index in [1.165, 1.54) is 0 Å². The first-order valence-electron chi connectivity index (χ1n) is 5.78. The minimum Gasteiger partial charge on any atom is -0.468 e. The van der Waals surface area contributed by atoms with Crippen LogP contribution in [0.1, 0.15) is 5.56 Å². The molecule has 0 aromatic heterocycles. The molecule has 0 spiro atoms. The van der Waals surface area contributed by atoms with Gasteiger partial charge >= 0.3 is 12.0 Å². The van der Waals surface area contributed by atoms with Crippen molar-refractivity contribution in [1.82, 2.24) is 5.43 Å². The average Bonchev–Trinajstić information content (AvgIpc) is 2.43. The Morgan fingerprint density at radius 1 is 1.24 bits per heavy atom. The number of ether oxygens (including phenoxy) is 1. The van der Waals surface area contributed by atoms with E-state index in [1.807, 2.05) is 5.43 Å². The number of nitrogens with two attached hydrogens (primary N) is 1. The minimum absolute atomic E-state index is 0.0679. The summed E-state index contributed by atoms with van der Waals surface area (Å²) in [7, 11) is -2.69. The second kappa shape index (κ2) is 7.39. The van der Waals surface area contributed by atoms with Crippen molar-refractivity contribution in [1.29, 1.82) is 0 Å². The summed E-state index contributed by atoms with van der Waals surface area (Å²) in [4.78, 5) is 21.8. The highest BCUT2D eigenvalue weighted by atomic mass is 32.2. The number of amides is 2. The lowest BCUT2D eigenvalue weighted by molar-refractivity contribution is -0.137. The number of rotatable bonds is 6. The number of hydrazone groups is 1. The smallest absolute Gasteiger partial charge is 0.332 e. The van der Waals surface area contributed by atoms with Gasteiger partial charge < -0.3 is 10.5 Å². The lowest BCUT2D eigenvalue weighted by Crippen LogP contribution is -2.30. The number of esters is 1. The van der Waals surface area contributed by atoms with Gasteiger partial charge in [-0.2, -0.15) is 5.10 Å². The van der Waals surface area contributed by atoms with Crippen LogP contribution in [0.25, 0.3) is 0 Å². The van der Waals surface area contributed by atoms with Crippen molar-refractivity contribution in [3.8, 4) is 0 Å². The first-order valence-corrected chi connectivity index (χ1v) is 7.61. The zero-order valence-corrected chi connectivity index (χ0v) is 12.1. The molecule has 0 radical (unpaired) electrons. The fourth-order valence-corrected chi connectivity index (χ4v) is 2.66. The van der Waals surface area contributed by atoms with Crippen molar-refractivity contribution in [2.24, 2.45) is 10.8 Å². The summed E-state index contributed by atoms with van der Waals surface area (Å²) in [6, 6.07) is 7.42.